The Balaban J connectivity index is 1.55. The number of hydrogen-bond acceptors (Lipinski definition) is 5. The highest BCUT2D eigenvalue weighted by molar-refractivity contribution is 5.53. The number of fused-ring (bicyclic) bond motifs is 1. The first kappa shape index (κ1) is 19.8. The smallest absolute Gasteiger partial charge is 0.406 e. The molecule has 0 bridgehead atoms. The number of hydrogen-bond donors (Lipinski definition) is 1. The van der Waals surface area contributed by atoms with Gasteiger partial charge < -0.3 is 15.0 Å². The molecule has 156 valence electrons. The molecule has 4 rings (SSSR count). The average molecular weight is 406 g/mol. The lowest BCUT2D eigenvalue weighted by molar-refractivity contribution is -0.274. The van der Waals surface area contributed by atoms with Crippen molar-refractivity contribution >= 4 is 11.6 Å². The maximum atomic E-state index is 12.5. The summed E-state index contributed by atoms with van der Waals surface area (Å²) < 4.78 is 41.5. The fourth-order valence-corrected chi connectivity index (χ4v) is 3.49. The topological polar surface area (TPSA) is 50.3 Å². The van der Waals surface area contributed by atoms with E-state index in [-0.39, 0.29) is 5.75 Å². The quantitative estimate of drug-likeness (QED) is 0.730. The van der Waals surface area contributed by atoms with Crippen LogP contribution >= 0.6 is 0 Å². The first-order valence-electron chi connectivity index (χ1n) is 10.1. The lowest BCUT2D eigenvalue weighted by Gasteiger charge is -2.30. The molecule has 1 atom stereocenters. The first-order valence-corrected chi connectivity index (χ1v) is 10.1. The summed E-state index contributed by atoms with van der Waals surface area (Å²) >= 11 is 0. The molecule has 2 heterocycles. The predicted octanol–water partition coefficient (Wildman–Crippen LogP) is 5.03. The predicted molar refractivity (Wildman–Crippen MR) is 105 cm³/mol. The molecule has 0 radical (unpaired) electrons. The number of nitrogens with zero attached hydrogens (tertiary/aromatic N) is 3. The van der Waals surface area contributed by atoms with E-state index in [1.54, 1.807) is 6.07 Å². The van der Waals surface area contributed by atoms with E-state index in [1.807, 2.05) is 6.07 Å². The average Bonchev–Trinajstić information content (AvgIpc) is 3.51. The molecule has 1 aliphatic heterocycles. The van der Waals surface area contributed by atoms with Crippen molar-refractivity contribution in [2.75, 3.05) is 16.8 Å². The van der Waals surface area contributed by atoms with Crippen LogP contribution in [-0.2, 0) is 13.0 Å². The van der Waals surface area contributed by atoms with Crippen molar-refractivity contribution in [3.63, 3.8) is 0 Å². The fraction of sp³-hybridized carbons (Fsp3) is 0.524. The van der Waals surface area contributed by atoms with Gasteiger partial charge in [0, 0.05) is 31.1 Å². The maximum Gasteiger partial charge on any atom is 0.573 e. The minimum Gasteiger partial charge on any atom is -0.406 e. The largest absolute Gasteiger partial charge is 0.573 e. The van der Waals surface area contributed by atoms with Gasteiger partial charge in [-0.1, -0.05) is 13.0 Å². The standard InChI is InChI=1S/C21H25F3N4O/c1-3-13(2)25-18-11-19(27-20(26-18)14-4-5-14)28-9-8-15-10-17(29-21(22,23)24)7-6-16(15)12-28/h6-7,10-11,13-14H,3-5,8-9,12H2,1-2H3,(H,25,26,27)/t13-/m1/s1. The highest BCUT2D eigenvalue weighted by atomic mass is 19.4. The van der Waals surface area contributed by atoms with Crippen LogP contribution in [0.1, 0.15) is 56.0 Å². The number of anilines is 2. The van der Waals surface area contributed by atoms with Gasteiger partial charge in [0.05, 0.1) is 0 Å². The highest BCUT2D eigenvalue weighted by Crippen LogP contribution is 2.39. The number of alkyl halides is 3. The molecule has 0 saturated heterocycles. The summed E-state index contributed by atoms with van der Waals surface area (Å²) in [5.41, 5.74) is 1.88. The minimum atomic E-state index is -4.67. The zero-order valence-corrected chi connectivity index (χ0v) is 16.6. The van der Waals surface area contributed by atoms with Crippen molar-refractivity contribution < 1.29 is 17.9 Å². The number of ether oxygens (including phenoxy) is 1. The van der Waals surface area contributed by atoms with Crippen LogP contribution in [-0.4, -0.2) is 28.9 Å². The van der Waals surface area contributed by atoms with E-state index in [0.717, 1.165) is 47.8 Å². The van der Waals surface area contributed by atoms with E-state index in [9.17, 15) is 13.2 Å². The van der Waals surface area contributed by atoms with Crippen molar-refractivity contribution in [1.82, 2.24) is 9.97 Å². The second-order valence-corrected chi connectivity index (χ2v) is 7.85. The van der Waals surface area contributed by atoms with Crippen molar-refractivity contribution in [1.29, 1.82) is 0 Å². The molecule has 29 heavy (non-hydrogen) atoms. The maximum absolute atomic E-state index is 12.5. The van der Waals surface area contributed by atoms with E-state index < -0.39 is 6.36 Å². The van der Waals surface area contributed by atoms with Gasteiger partial charge in [0.15, 0.2) is 0 Å². The first-order chi connectivity index (χ1) is 13.8. The Morgan fingerprint density at radius 3 is 2.69 bits per heavy atom. The van der Waals surface area contributed by atoms with Gasteiger partial charge in [-0.25, -0.2) is 9.97 Å². The SMILES string of the molecule is CC[C@@H](C)Nc1cc(N2CCc3cc(OC(F)(F)F)ccc3C2)nc(C2CC2)n1. The summed E-state index contributed by atoms with van der Waals surface area (Å²) in [5.74, 6) is 2.86. The molecule has 5 nitrogen and oxygen atoms in total. The van der Waals surface area contributed by atoms with E-state index in [1.165, 1.54) is 12.1 Å². The van der Waals surface area contributed by atoms with Crippen LogP contribution in [0.4, 0.5) is 24.8 Å². The number of nitrogens with one attached hydrogen (secondary N) is 1. The van der Waals surface area contributed by atoms with Gasteiger partial charge >= 0.3 is 6.36 Å². The molecule has 8 heteroatoms. The summed E-state index contributed by atoms with van der Waals surface area (Å²) in [6.07, 6.45) is -0.791. The molecule has 1 aromatic heterocycles. The lowest BCUT2D eigenvalue weighted by atomic mass is 9.99. The third kappa shape index (κ3) is 4.92. The minimum absolute atomic E-state index is 0.164. The van der Waals surface area contributed by atoms with Gasteiger partial charge in [0.1, 0.15) is 23.2 Å². The molecule has 1 aliphatic carbocycles. The number of benzene rings is 1. The molecule has 1 aromatic carbocycles. The van der Waals surface area contributed by atoms with Crippen molar-refractivity contribution in [3.05, 3.63) is 41.2 Å². The van der Waals surface area contributed by atoms with Gasteiger partial charge in [-0.15, -0.1) is 13.2 Å². The Bertz CT molecular complexity index is 883. The number of aromatic nitrogens is 2. The summed E-state index contributed by atoms with van der Waals surface area (Å²) in [7, 11) is 0. The van der Waals surface area contributed by atoms with Crippen molar-refractivity contribution in [2.24, 2.45) is 0 Å². The zero-order valence-electron chi connectivity index (χ0n) is 16.6. The molecule has 0 unspecified atom stereocenters. The lowest BCUT2D eigenvalue weighted by Crippen LogP contribution is -2.31. The Hall–Kier alpha value is -2.51. The van der Waals surface area contributed by atoms with Gasteiger partial charge in [0.25, 0.3) is 0 Å². The van der Waals surface area contributed by atoms with E-state index >= 15 is 0 Å². The molecule has 1 saturated carbocycles. The van der Waals surface area contributed by atoms with Gasteiger partial charge in [0.2, 0.25) is 0 Å². The Kier molecular flexibility index (Phi) is 5.27. The number of rotatable bonds is 6. The Morgan fingerprint density at radius 1 is 1.21 bits per heavy atom. The summed E-state index contributed by atoms with van der Waals surface area (Å²) in [5, 5.41) is 3.44. The normalized spacial score (nSPS) is 17.6. The summed E-state index contributed by atoms with van der Waals surface area (Å²) in [6, 6.07) is 6.88. The van der Waals surface area contributed by atoms with E-state index in [0.29, 0.717) is 31.5 Å². The number of halogens is 3. The molecule has 0 amide bonds. The van der Waals surface area contributed by atoms with Crippen LogP contribution in [0.2, 0.25) is 0 Å². The summed E-state index contributed by atoms with van der Waals surface area (Å²) in [6.45, 7) is 5.54. The Morgan fingerprint density at radius 2 is 2.00 bits per heavy atom. The highest BCUT2D eigenvalue weighted by Gasteiger charge is 2.32. The fourth-order valence-electron chi connectivity index (χ4n) is 3.49. The second-order valence-electron chi connectivity index (χ2n) is 7.85. The molecular formula is C21H25F3N4O. The second kappa shape index (κ2) is 7.72. The van der Waals surface area contributed by atoms with Gasteiger partial charge in [-0.2, -0.15) is 0 Å². The third-order valence-electron chi connectivity index (χ3n) is 5.43. The summed E-state index contributed by atoms with van der Waals surface area (Å²) in [4.78, 5) is 11.7. The molecule has 0 spiro atoms. The molecule has 1 N–H and O–H groups in total. The van der Waals surface area contributed by atoms with E-state index in [4.69, 9.17) is 9.97 Å². The molecule has 2 aliphatic rings. The van der Waals surface area contributed by atoms with Crippen molar-refractivity contribution in [3.8, 4) is 5.75 Å². The van der Waals surface area contributed by atoms with Crippen LogP contribution in [0.15, 0.2) is 24.3 Å². The zero-order chi connectivity index (χ0) is 20.6. The van der Waals surface area contributed by atoms with Crippen molar-refractivity contribution in [2.45, 2.75) is 64.4 Å². The third-order valence-corrected chi connectivity index (χ3v) is 5.43. The van der Waals surface area contributed by atoms with Crippen LogP contribution in [0.25, 0.3) is 0 Å². The van der Waals surface area contributed by atoms with Gasteiger partial charge in [-0.05, 0) is 55.9 Å². The monoisotopic (exact) mass is 406 g/mol. The molecule has 1 fully saturated rings. The van der Waals surface area contributed by atoms with Crippen LogP contribution in [0.5, 0.6) is 5.75 Å². The van der Waals surface area contributed by atoms with E-state index in [2.05, 4.69) is 28.8 Å². The van der Waals surface area contributed by atoms with Crippen LogP contribution in [0.3, 0.4) is 0 Å². The van der Waals surface area contributed by atoms with Crippen LogP contribution < -0.4 is 15.0 Å². The Labute approximate surface area is 168 Å². The van der Waals surface area contributed by atoms with Gasteiger partial charge in [-0.3, -0.25) is 0 Å². The molecule has 2 aromatic rings. The molecular weight excluding hydrogens is 381 g/mol. The van der Waals surface area contributed by atoms with Crippen LogP contribution in [0, 0.1) is 0 Å².